The van der Waals surface area contributed by atoms with Crippen LogP contribution >= 0.6 is 0 Å². The molecule has 2 fully saturated rings. The molecule has 114 valence electrons. The topological polar surface area (TPSA) is 41.6 Å². The van der Waals surface area contributed by atoms with Crippen molar-refractivity contribution in [3.8, 4) is 0 Å². The molecule has 4 heteroatoms. The van der Waals surface area contributed by atoms with Gasteiger partial charge in [0.05, 0.1) is 12.1 Å². The van der Waals surface area contributed by atoms with Crippen LogP contribution in [-0.4, -0.2) is 36.1 Å². The Labute approximate surface area is 126 Å². The molecule has 0 aliphatic carbocycles. The average molecular weight is 288 g/mol. The minimum atomic E-state index is -0.0541. The maximum absolute atomic E-state index is 12.7. The van der Waals surface area contributed by atoms with Crippen molar-refractivity contribution in [3.63, 3.8) is 0 Å². The van der Waals surface area contributed by atoms with Crippen LogP contribution in [0.15, 0.2) is 30.3 Å². The molecule has 2 aliphatic heterocycles. The van der Waals surface area contributed by atoms with Crippen molar-refractivity contribution in [2.24, 2.45) is 0 Å². The summed E-state index contributed by atoms with van der Waals surface area (Å²) in [5.41, 5.74) is 1.16. The van der Waals surface area contributed by atoms with Crippen LogP contribution in [0.1, 0.15) is 44.3 Å². The molecule has 0 radical (unpaired) electrons. The first kappa shape index (κ1) is 14.5. The Morgan fingerprint density at radius 1 is 1.33 bits per heavy atom. The largest absolute Gasteiger partial charge is 0.376 e. The second kappa shape index (κ2) is 6.58. The van der Waals surface area contributed by atoms with Gasteiger partial charge in [-0.2, -0.15) is 0 Å². The molecule has 21 heavy (non-hydrogen) atoms. The molecule has 2 heterocycles. The van der Waals surface area contributed by atoms with Gasteiger partial charge in [0, 0.05) is 13.2 Å². The van der Waals surface area contributed by atoms with E-state index in [-0.39, 0.29) is 24.2 Å². The van der Waals surface area contributed by atoms with E-state index in [1.807, 2.05) is 23.1 Å². The Morgan fingerprint density at radius 2 is 2.14 bits per heavy atom. The standard InChI is InChI=1S/C17H24N2O2/c1-2-7-15-17(20)19(12-14-10-6-11-21-14)16(18-15)13-8-4-3-5-9-13/h3-5,8-9,14-16,18H,2,6-7,10-12H2,1H3. The summed E-state index contributed by atoms with van der Waals surface area (Å²) in [5.74, 6) is 0.223. The lowest BCUT2D eigenvalue weighted by Gasteiger charge is -2.27. The Morgan fingerprint density at radius 3 is 2.81 bits per heavy atom. The number of ether oxygens (including phenoxy) is 1. The van der Waals surface area contributed by atoms with E-state index in [0.29, 0.717) is 6.54 Å². The van der Waals surface area contributed by atoms with Gasteiger partial charge >= 0.3 is 0 Å². The normalized spacial score (nSPS) is 29.3. The zero-order chi connectivity index (χ0) is 14.7. The van der Waals surface area contributed by atoms with Crippen molar-refractivity contribution in [1.29, 1.82) is 0 Å². The molecule has 0 aromatic heterocycles. The maximum Gasteiger partial charge on any atom is 0.241 e. The minimum absolute atomic E-state index is 0.0144. The number of nitrogens with one attached hydrogen (secondary N) is 1. The van der Waals surface area contributed by atoms with E-state index in [0.717, 1.165) is 37.9 Å². The summed E-state index contributed by atoms with van der Waals surface area (Å²) in [6.07, 6.45) is 4.25. The Kier molecular flexibility index (Phi) is 4.56. The molecule has 3 unspecified atom stereocenters. The fourth-order valence-electron chi connectivity index (χ4n) is 3.29. The quantitative estimate of drug-likeness (QED) is 0.905. The number of carbonyl (C=O) groups excluding carboxylic acids is 1. The van der Waals surface area contributed by atoms with Gasteiger partial charge in [0.15, 0.2) is 0 Å². The first-order valence-corrected chi connectivity index (χ1v) is 8.02. The van der Waals surface area contributed by atoms with Crippen LogP contribution in [0, 0.1) is 0 Å². The van der Waals surface area contributed by atoms with Crippen molar-refractivity contribution in [1.82, 2.24) is 10.2 Å². The van der Waals surface area contributed by atoms with E-state index >= 15 is 0 Å². The molecular formula is C17H24N2O2. The van der Waals surface area contributed by atoms with E-state index < -0.39 is 0 Å². The van der Waals surface area contributed by atoms with Crippen molar-refractivity contribution in [3.05, 3.63) is 35.9 Å². The zero-order valence-corrected chi connectivity index (χ0v) is 12.6. The van der Waals surface area contributed by atoms with Crippen molar-refractivity contribution < 1.29 is 9.53 Å². The van der Waals surface area contributed by atoms with E-state index in [1.165, 1.54) is 0 Å². The third-order valence-corrected chi connectivity index (χ3v) is 4.37. The highest BCUT2D eigenvalue weighted by Gasteiger charge is 2.40. The van der Waals surface area contributed by atoms with Gasteiger partial charge in [0.1, 0.15) is 6.17 Å². The summed E-state index contributed by atoms with van der Waals surface area (Å²) in [4.78, 5) is 14.7. The van der Waals surface area contributed by atoms with Gasteiger partial charge in [-0.15, -0.1) is 0 Å². The van der Waals surface area contributed by atoms with Crippen molar-refractivity contribution in [2.45, 2.75) is 50.9 Å². The van der Waals surface area contributed by atoms with Crippen LogP contribution in [0.4, 0.5) is 0 Å². The second-order valence-electron chi connectivity index (χ2n) is 5.95. The Bertz CT molecular complexity index is 471. The Balaban J connectivity index is 1.79. The highest BCUT2D eigenvalue weighted by molar-refractivity contribution is 5.84. The molecule has 2 aliphatic rings. The molecule has 4 nitrogen and oxygen atoms in total. The highest BCUT2D eigenvalue weighted by atomic mass is 16.5. The van der Waals surface area contributed by atoms with Crippen LogP contribution in [0.25, 0.3) is 0 Å². The van der Waals surface area contributed by atoms with E-state index in [1.54, 1.807) is 0 Å². The zero-order valence-electron chi connectivity index (χ0n) is 12.6. The lowest BCUT2D eigenvalue weighted by Crippen LogP contribution is -2.37. The summed E-state index contributed by atoms with van der Waals surface area (Å²) >= 11 is 0. The number of carbonyl (C=O) groups is 1. The van der Waals surface area contributed by atoms with Crippen LogP contribution in [0.2, 0.25) is 0 Å². The number of rotatable bonds is 5. The summed E-state index contributed by atoms with van der Waals surface area (Å²) in [6.45, 7) is 3.65. The number of hydrogen-bond donors (Lipinski definition) is 1. The molecule has 1 N–H and O–H groups in total. The number of amides is 1. The predicted octanol–water partition coefficient (Wildman–Crippen LogP) is 2.46. The Hall–Kier alpha value is -1.39. The minimum Gasteiger partial charge on any atom is -0.376 e. The smallest absolute Gasteiger partial charge is 0.241 e. The van der Waals surface area contributed by atoms with Gasteiger partial charge in [-0.25, -0.2) is 0 Å². The van der Waals surface area contributed by atoms with Crippen molar-refractivity contribution >= 4 is 5.91 Å². The van der Waals surface area contributed by atoms with Gasteiger partial charge < -0.3 is 9.64 Å². The third kappa shape index (κ3) is 3.11. The van der Waals surface area contributed by atoms with Gasteiger partial charge in [-0.05, 0) is 24.8 Å². The number of nitrogens with zero attached hydrogens (tertiary/aromatic N) is 1. The molecule has 0 bridgehead atoms. The molecule has 1 amide bonds. The molecule has 2 saturated heterocycles. The molecule has 0 saturated carbocycles. The van der Waals surface area contributed by atoms with Crippen molar-refractivity contribution in [2.75, 3.05) is 13.2 Å². The first-order valence-electron chi connectivity index (χ1n) is 8.02. The molecular weight excluding hydrogens is 264 g/mol. The SMILES string of the molecule is CCCC1NC(c2ccccc2)N(CC2CCCO2)C1=O. The van der Waals surface area contributed by atoms with Gasteiger partial charge in [0.25, 0.3) is 0 Å². The maximum atomic E-state index is 12.7. The van der Waals surface area contributed by atoms with E-state index in [4.69, 9.17) is 4.74 Å². The van der Waals surface area contributed by atoms with Gasteiger partial charge in [-0.3, -0.25) is 10.1 Å². The lowest BCUT2D eigenvalue weighted by atomic mass is 10.1. The van der Waals surface area contributed by atoms with Gasteiger partial charge in [-0.1, -0.05) is 43.7 Å². The van der Waals surface area contributed by atoms with Gasteiger partial charge in [0.2, 0.25) is 5.91 Å². The summed E-state index contributed by atoms with van der Waals surface area (Å²) < 4.78 is 5.72. The molecule has 3 atom stereocenters. The lowest BCUT2D eigenvalue weighted by molar-refractivity contribution is -0.131. The fourth-order valence-corrected chi connectivity index (χ4v) is 3.29. The van der Waals surface area contributed by atoms with E-state index in [9.17, 15) is 4.79 Å². The predicted molar refractivity (Wildman–Crippen MR) is 81.7 cm³/mol. The first-order chi connectivity index (χ1) is 10.3. The molecule has 3 rings (SSSR count). The van der Waals surface area contributed by atoms with Crippen LogP contribution in [0.3, 0.4) is 0 Å². The summed E-state index contributed by atoms with van der Waals surface area (Å²) in [5, 5.41) is 3.50. The summed E-state index contributed by atoms with van der Waals surface area (Å²) in [7, 11) is 0. The number of benzene rings is 1. The third-order valence-electron chi connectivity index (χ3n) is 4.37. The second-order valence-corrected chi connectivity index (χ2v) is 5.95. The highest BCUT2D eigenvalue weighted by Crippen LogP contribution is 2.28. The molecule has 0 spiro atoms. The summed E-state index contributed by atoms with van der Waals surface area (Å²) in [6, 6.07) is 10.2. The van der Waals surface area contributed by atoms with Crippen LogP contribution < -0.4 is 5.32 Å². The average Bonchev–Trinajstić information content (AvgIpc) is 3.12. The van der Waals surface area contributed by atoms with Crippen LogP contribution in [0.5, 0.6) is 0 Å². The van der Waals surface area contributed by atoms with E-state index in [2.05, 4.69) is 24.4 Å². The van der Waals surface area contributed by atoms with Crippen LogP contribution in [-0.2, 0) is 9.53 Å². The monoisotopic (exact) mass is 288 g/mol. The molecule has 1 aromatic carbocycles. The molecule has 1 aromatic rings. The number of hydrogen-bond acceptors (Lipinski definition) is 3. The fraction of sp³-hybridized carbons (Fsp3) is 0.588.